The van der Waals surface area contributed by atoms with Gasteiger partial charge < -0.3 is 9.88 Å². The summed E-state index contributed by atoms with van der Waals surface area (Å²) in [6, 6.07) is 11.8. The van der Waals surface area contributed by atoms with E-state index >= 15 is 0 Å². The van der Waals surface area contributed by atoms with Crippen LogP contribution in [0.4, 0.5) is 13.2 Å². The fraction of sp³-hybridized carbons (Fsp3) is 0.500. The molecule has 3 aromatic rings. The molecule has 2 aromatic carbocycles. The Balaban J connectivity index is 1.47. The number of carbonyl (C=O) groups is 1. The van der Waals surface area contributed by atoms with Gasteiger partial charge in [0, 0.05) is 18.7 Å². The third-order valence-corrected chi connectivity index (χ3v) is 8.92. The molecule has 1 fully saturated rings. The number of sulfone groups is 1. The van der Waals surface area contributed by atoms with Crippen LogP contribution in [0.25, 0.3) is 11.0 Å². The Morgan fingerprint density at radius 1 is 1.10 bits per heavy atom. The minimum absolute atomic E-state index is 0.0246. The van der Waals surface area contributed by atoms with Gasteiger partial charge in [-0.25, -0.2) is 13.4 Å². The minimum atomic E-state index is -4.15. The summed E-state index contributed by atoms with van der Waals surface area (Å²) >= 11 is 0. The fourth-order valence-electron chi connectivity index (χ4n) is 4.89. The zero-order chi connectivity index (χ0) is 28.4. The lowest BCUT2D eigenvalue weighted by molar-refractivity contribution is -0.185. The number of alkyl halides is 3. The van der Waals surface area contributed by atoms with Gasteiger partial charge >= 0.3 is 6.18 Å². The molecule has 212 valence electrons. The van der Waals surface area contributed by atoms with Crippen LogP contribution in [0.2, 0.25) is 0 Å². The molecule has 1 saturated heterocycles. The Hall–Kier alpha value is -2.92. The number of aromatic nitrogens is 2. The van der Waals surface area contributed by atoms with Crippen LogP contribution >= 0.6 is 0 Å². The summed E-state index contributed by atoms with van der Waals surface area (Å²) in [5, 5.41) is 2.86. The fourth-order valence-corrected chi connectivity index (χ4v) is 5.78. The first-order valence-electron chi connectivity index (χ1n) is 13.3. The van der Waals surface area contributed by atoms with E-state index in [1.165, 1.54) is 0 Å². The van der Waals surface area contributed by atoms with E-state index in [1.54, 1.807) is 43.3 Å². The number of benzene rings is 2. The summed E-state index contributed by atoms with van der Waals surface area (Å²) in [6.45, 7) is 7.92. The summed E-state index contributed by atoms with van der Waals surface area (Å²) in [4.78, 5) is 20.0. The predicted octanol–water partition coefficient (Wildman–Crippen LogP) is 5.19. The van der Waals surface area contributed by atoms with Crippen LogP contribution in [0.3, 0.4) is 0 Å². The average Bonchev–Trinajstić information content (AvgIpc) is 3.22. The first-order chi connectivity index (χ1) is 18.4. The predicted molar refractivity (Wildman–Crippen MR) is 144 cm³/mol. The molecule has 1 amide bonds. The minimum Gasteiger partial charge on any atom is -0.348 e. The number of halogens is 3. The van der Waals surface area contributed by atoms with Crippen molar-refractivity contribution in [1.82, 2.24) is 19.8 Å². The van der Waals surface area contributed by atoms with Crippen LogP contribution in [0.1, 0.15) is 55.4 Å². The molecular weight excluding hydrogens is 529 g/mol. The number of rotatable bonds is 9. The van der Waals surface area contributed by atoms with Crippen molar-refractivity contribution in [2.75, 3.05) is 18.8 Å². The van der Waals surface area contributed by atoms with Crippen LogP contribution in [0.15, 0.2) is 47.4 Å². The van der Waals surface area contributed by atoms with Crippen LogP contribution < -0.4 is 5.32 Å². The van der Waals surface area contributed by atoms with E-state index in [-0.39, 0.29) is 35.9 Å². The second-order valence-corrected chi connectivity index (χ2v) is 12.8. The summed E-state index contributed by atoms with van der Waals surface area (Å²) in [6.07, 6.45) is -3.96. The van der Waals surface area contributed by atoms with Gasteiger partial charge in [0.05, 0.1) is 34.1 Å². The molecule has 0 unspecified atom stereocenters. The van der Waals surface area contributed by atoms with Crippen molar-refractivity contribution in [2.24, 2.45) is 11.8 Å². The van der Waals surface area contributed by atoms with Crippen molar-refractivity contribution in [1.29, 1.82) is 0 Å². The van der Waals surface area contributed by atoms with E-state index in [1.807, 2.05) is 11.0 Å². The SMILES string of the molecule is CCS(=O)(=O)c1ccc(CNC(=O)c2ccc3c(c2)nc(CN2CCC(C(F)(F)F)CC2)n3CC(C)C)cc1. The Kier molecular flexibility index (Phi) is 8.70. The Morgan fingerprint density at radius 2 is 1.77 bits per heavy atom. The summed E-state index contributed by atoms with van der Waals surface area (Å²) in [7, 11) is -3.28. The van der Waals surface area contributed by atoms with Crippen molar-refractivity contribution in [2.45, 2.75) is 64.3 Å². The zero-order valence-electron chi connectivity index (χ0n) is 22.5. The standard InChI is InChI=1S/C28H35F3N4O3S/c1-4-39(37,38)23-8-5-20(6-9-23)16-32-27(36)21-7-10-25-24(15-21)33-26(35(25)17-19(2)3)18-34-13-11-22(12-14-34)28(29,30)31/h5-10,15,19,22H,4,11-14,16-18H2,1-3H3,(H,32,36). The molecule has 0 aliphatic carbocycles. The average molecular weight is 565 g/mol. The molecule has 0 atom stereocenters. The maximum Gasteiger partial charge on any atom is 0.391 e. The van der Waals surface area contributed by atoms with Crippen LogP contribution in [-0.2, 0) is 29.5 Å². The van der Waals surface area contributed by atoms with Crippen LogP contribution in [-0.4, -0.2) is 53.8 Å². The van der Waals surface area contributed by atoms with Crippen molar-refractivity contribution in [3.05, 3.63) is 59.4 Å². The van der Waals surface area contributed by atoms with Gasteiger partial charge in [-0.3, -0.25) is 9.69 Å². The second kappa shape index (κ2) is 11.7. The highest BCUT2D eigenvalue weighted by Gasteiger charge is 2.41. The Morgan fingerprint density at radius 3 is 2.36 bits per heavy atom. The van der Waals surface area contributed by atoms with Crippen LogP contribution in [0, 0.1) is 11.8 Å². The largest absolute Gasteiger partial charge is 0.391 e. The number of hydrogen-bond donors (Lipinski definition) is 1. The molecule has 0 spiro atoms. The van der Waals surface area contributed by atoms with E-state index in [2.05, 4.69) is 23.7 Å². The van der Waals surface area contributed by atoms with Gasteiger partial charge in [0.1, 0.15) is 5.82 Å². The highest BCUT2D eigenvalue weighted by Crippen LogP contribution is 2.34. The first-order valence-corrected chi connectivity index (χ1v) is 14.9. The zero-order valence-corrected chi connectivity index (χ0v) is 23.3. The van der Waals surface area contributed by atoms with Crippen molar-refractivity contribution in [3.8, 4) is 0 Å². The lowest BCUT2D eigenvalue weighted by Crippen LogP contribution is -2.39. The quantitative estimate of drug-likeness (QED) is 0.387. The lowest BCUT2D eigenvalue weighted by Gasteiger charge is -2.32. The maximum absolute atomic E-state index is 13.1. The molecule has 0 saturated carbocycles. The van der Waals surface area contributed by atoms with E-state index < -0.39 is 21.9 Å². The smallest absolute Gasteiger partial charge is 0.348 e. The molecule has 11 heteroatoms. The number of carbonyl (C=O) groups excluding carboxylic acids is 1. The third kappa shape index (κ3) is 7.00. The summed E-state index contributed by atoms with van der Waals surface area (Å²) in [5.41, 5.74) is 2.77. The van der Waals surface area contributed by atoms with Crippen molar-refractivity contribution < 1.29 is 26.4 Å². The normalized spacial score (nSPS) is 15.8. The number of piperidine rings is 1. The van der Waals surface area contributed by atoms with Gasteiger partial charge in [-0.1, -0.05) is 32.9 Å². The number of nitrogens with zero attached hydrogens (tertiary/aromatic N) is 3. The number of amides is 1. The summed E-state index contributed by atoms with van der Waals surface area (Å²) < 4.78 is 65.3. The molecule has 1 aliphatic rings. The van der Waals surface area contributed by atoms with Crippen molar-refractivity contribution >= 4 is 26.8 Å². The second-order valence-electron chi connectivity index (χ2n) is 10.6. The van der Waals surface area contributed by atoms with E-state index in [0.29, 0.717) is 43.2 Å². The molecule has 4 rings (SSSR count). The topological polar surface area (TPSA) is 84.3 Å². The van der Waals surface area contributed by atoms with Gasteiger partial charge in [0.2, 0.25) is 0 Å². The van der Waals surface area contributed by atoms with Crippen LogP contribution in [0.5, 0.6) is 0 Å². The molecular formula is C28H35F3N4O3S. The molecule has 39 heavy (non-hydrogen) atoms. The molecule has 7 nitrogen and oxygen atoms in total. The number of hydrogen-bond acceptors (Lipinski definition) is 5. The van der Waals surface area contributed by atoms with Gasteiger partial charge in [-0.2, -0.15) is 13.2 Å². The summed E-state index contributed by atoms with van der Waals surface area (Å²) in [5.74, 6) is -0.387. The maximum atomic E-state index is 13.1. The molecule has 0 radical (unpaired) electrons. The monoisotopic (exact) mass is 564 g/mol. The third-order valence-electron chi connectivity index (χ3n) is 7.17. The van der Waals surface area contributed by atoms with Crippen molar-refractivity contribution in [3.63, 3.8) is 0 Å². The lowest BCUT2D eigenvalue weighted by atomic mass is 9.96. The highest BCUT2D eigenvalue weighted by molar-refractivity contribution is 7.91. The van der Waals surface area contributed by atoms with Gasteiger partial charge in [0.25, 0.3) is 5.91 Å². The van der Waals surface area contributed by atoms with Gasteiger partial charge in [0.15, 0.2) is 9.84 Å². The van der Waals surface area contributed by atoms with Gasteiger partial charge in [-0.05, 0) is 67.7 Å². The molecule has 1 aromatic heterocycles. The number of fused-ring (bicyclic) bond motifs is 1. The number of likely N-dealkylation sites (tertiary alicyclic amines) is 1. The molecule has 2 heterocycles. The van der Waals surface area contributed by atoms with Gasteiger partial charge in [-0.15, -0.1) is 0 Å². The molecule has 1 aliphatic heterocycles. The number of nitrogens with one attached hydrogen (secondary N) is 1. The molecule has 0 bridgehead atoms. The highest BCUT2D eigenvalue weighted by atomic mass is 32.2. The molecule has 1 N–H and O–H groups in total. The van der Waals surface area contributed by atoms with E-state index in [0.717, 1.165) is 16.9 Å². The number of imidazole rings is 1. The van der Waals surface area contributed by atoms with E-state index in [9.17, 15) is 26.4 Å². The Bertz CT molecular complexity index is 1410. The van der Waals surface area contributed by atoms with E-state index in [4.69, 9.17) is 4.98 Å². The Labute approximate surface area is 227 Å². The first kappa shape index (κ1) is 29.1.